The van der Waals surface area contributed by atoms with Crippen molar-refractivity contribution in [1.29, 1.82) is 0 Å². The van der Waals surface area contributed by atoms with Gasteiger partial charge in [0.05, 0.1) is 0 Å². The monoisotopic (exact) mass is 418 g/mol. The third kappa shape index (κ3) is 5.14. The van der Waals surface area contributed by atoms with Crippen molar-refractivity contribution in [2.24, 2.45) is 23.7 Å². The van der Waals surface area contributed by atoms with E-state index >= 15 is 4.39 Å². The summed E-state index contributed by atoms with van der Waals surface area (Å²) in [7, 11) is 0. The molecule has 0 N–H and O–H groups in total. The third-order valence-electron chi connectivity index (χ3n) is 8.33. The van der Waals surface area contributed by atoms with Crippen LogP contribution in [-0.4, -0.2) is 0 Å². The first-order chi connectivity index (χ1) is 14.5. The van der Waals surface area contributed by atoms with Gasteiger partial charge in [0.25, 0.3) is 6.08 Å². The molecule has 5 atom stereocenters. The van der Waals surface area contributed by atoms with E-state index in [1.54, 1.807) is 0 Å². The van der Waals surface area contributed by atoms with Gasteiger partial charge in [-0.1, -0.05) is 38.7 Å². The Morgan fingerprint density at radius 1 is 1.00 bits per heavy atom. The lowest BCUT2D eigenvalue weighted by molar-refractivity contribution is 0.132. The van der Waals surface area contributed by atoms with Crippen LogP contribution in [0.15, 0.2) is 24.3 Å². The van der Waals surface area contributed by atoms with E-state index in [0.29, 0.717) is 23.7 Å². The molecule has 0 aromatic heterocycles. The highest BCUT2D eigenvalue weighted by molar-refractivity contribution is 5.37. The Bertz CT molecular complexity index is 749. The van der Waals surface area contributed by atoms with Crippen LogP contribution in [0.25, 0.3) is 0 Å². The van der Waals surface area contributed by atoms with Gasteiger partial charge in [0.2, 0.25) is 0 Å². The molecule has 1 aromatic carbocycles. The molecule has 2 saturated carbocycles. The van der Waals surface area contributed by atoms with Crippen LogP contribution in [0.2, 0.25) is 0 Å². The summed E-state index contributed by atoms with van der Waals surface area (Å²) in [5, 5.41) is 0. The molecular weight excluding hydrogens is 381 g/mol. The number of unbranched alkanes of at least 4 members (excludes halogenated alkanes) is 2. The second-order valence-electron chi connectivity index (χ2n) is 10.3. The fraction of sp³-hybridized carbons (Fsp3) is 0.704. The van der Waals surface area contributed by atoms with Crippen LogP contribution >= 0.6 is 0 Å². The van der Waals surface area contributed by atoms with Crippen molar-refractivity contribution in [3.05, 3.63) is 46.8 Å². The predicted molar refractivity (Wildman–Crippen MR) is 117 cm³/mol. The van der Waals surface area contributed by atoms with Gasteiger partial charge in [-0.05, 0) is 116 Å². The van der Waals surface area contributed by atoms with Crippen LogP contribution in [0.1, 0.15) is 100 Å². The zero-order valence-electron chi connectivity index (χ0n) is 18.4. The number of halogens is 3. The Kier molecular flexibility index (Phi) is 7.26. The average Bonchev–Trinajstić information content (AvgIpc) is 2.73. The van der Waals surface area contributed by atoms with Crippen molar-refractivity contribution in [2.75, 3.05) is 0 Å². The molecule has 2 fully saturated rings. The Labute approximate surface area is 180 Å². The molecule has 1 aromatic rings. The van der Waals surface area contributed by atoms with E-state index in [0.717, 1.165) is 56.9 Å². The highest BCUT2D eigenvalue weighted by Crippen LogP contribution is 2.48. The van der Waals surface area contributed by atoms with E-state index in [1.165, 1.54) is 49.3 Å². The molecule has 5 unspecified atom stereocenters. The summed E-state index contributed by atoms with van der Waals surface area (Å²) >= 11 is 0. The smallest absolute Gasteiger partial charge is 0.207 e. The molecule has 0 radical (unpaired) electrons. The SMILES string of the molecule is CCCCCC1CCc2cc(C3CCC4CC(C=C(F)F)CCC4C3)cc(F)c2C1. The molecule has 4 rings (SSSR count). The third-order valence-corrected chi connectivity index (χ3v) is 8.33. The van der Waals surface area contributed by atoms with Crippen LogP contribution in [0.5, 0.6) is 0 Å². The maximum absolute atomic E-state index is 15.1. The van der Waals surface area contributed by atoms with Gasteiger partial charge >= 0.3 is 0 Å². The molecule has 0 amide bonds. The fourth-order valence-corrected chi connectivity index (χ4v) is 6.64. The number of rotatable bonds is 6. The van der Waals surface area contributed by atoms with E-state index in [-0.39, 0.29) is 11.7 Å². The summed E-state index contributed by atoms with van der Waals surface area (Å²) in [6, 6.07) is 4.16. The topological polar surface area (TPSA) is 0 Å². The van der Waals surface area contributed by atoms with Crippen molar-refractivity contribution in [3.8, 4) is 0 Å². The molecule has 30 heavy (non-hydrogen) atoms. The highest BCUT2D eigenvalue weighted by atomic mass is 19.3. The van der Waals surface area contributed by atoms with Gasteiger partial charge in [0, 0.05) is 0 Å². The maximum Gasteiger partial charge on any atom is 0.266 e. The molecule has 0 aliphatic heterocycles. The van der Waals surface area contributed by atoms with Crippen LogP contribution in [-0.2, 0) is 12.8 Å². The summed E-state index contributed by atoms with van der Waals surface area (Å²) in [6.45, 7) is 2.23. The quantitative estimate of drug-likeness (QED) is 0.406. The number of benzene rings is 1. The molecule has 0 saturated heterocycles. The zero-order chi connectivity index (χ0) is 21.1. The first kappa shape index (κ1) is 22.0. The largest absolute Gasteiger partial charge is 0.266 e. The number of fused-ring (bicyclic) bond motifs is 2. The average molecular weight is 419 g/mol. The Hall–Kier alpha value is -1.25. The minimum absolute atomic E-state index is 0.0251. The second kappa shape index (κ2) is 9.92. The molecular formula is C27H37F3. The summed E-state index contributed by atoms with van der Waals surface area (Å²) in [5.74, 6) is 2.37. The van der Waals surface area contributed by atoms with Crippen LogP contribution < -0.4 is 0 Å². The number of allylic oxidation sites excluding steroid dienone is 1. The lowest BCUT2D eigenvalue weighted by Gasteiger charge is -2.42. The van der Waals surface area contributed by atoms with Crippen molar-refractivity contribution < 1.29 is 13.2 Å². The van der Waals surface area contributed by atoms with Gasteiger partial charge in [-0.3, -0.25) is 0 Å². The van der Waals surface area contributed by atoms with Crippen molar-refractivity contribution >= 4 is 0 Å². The van der Waals surface area contributed by atoms with Gasteiger partial charge in [-0.2, -0.15) is 8.78 Å². The first-order valence-corrected chi connectivity index (χ1v) is 12.4. The van der Waals surface area contributed by atoms with Crippen molar-refractivity contribution in [3.63, 3.8) is 0 Å². The van der Waals surface area contributed by atoms with Crippen molar-refractivity contribution in [1.82, 2.24) is 0 Å². The number of hydrogen-bond acceptors (Lipinski definition) is 0. The Balaban J connectivity index is 1.39. The molecule has 166 valence electrons. The normalized spacial score (nSPS) is 31.0. The predicted octanol–water partition coefficient (Wildman–Crippen LogP) is 8.59. The van der Waals surface area contributed by atoms with Gasteiger partial charge in [0.1, 0.15) is 5.82 Å². The summed E-state index contributed by atoms with van der Waals surface area (Å²) < 4.78 is 40.3. The van der Waals surface area contributed by atoms with Crippen LogP contribution in [0.4, 0.5) is 13.2 Å². The van der Waals surface area contributed by atoms with E-state index in [1.807, 2.05) is 6.07 Å². The standard InChI is InChI=1S/C27H37F3/c1-2-3-4-5-18-6-9-23-16-24(17-26(28)25(23)13-18)22-11-10-20-12-19(14-27(29)30)7-8-21(20)15-22/h14,16-22H,2-13,15H2,1H3. The molecule has 3 aliphatic rings. The second-order valence-corrected chi connectivity index (χ2v) is 10.3. The van der Waals surface area contributed by atoms with E-state index < -0.39 is 6.08 Å². The molecule has 0 bridgehead atoms. The van der Waals surface area contributed by atoms with E-state index in [9.17, 15) is 8.78 Å². The maximum atomic E-state index is 15.1. The lowest BCUT2D eigenvalue weighted by Crippen LogP contribution is -2.30. The van der Waals surface area contributed by atoms with Gasteiger partial charge in [0.15, 0.2) is 0 Å². The van der Waals surface area contributed by atoms with Gasteiger partial charge in [-0.15, -0.1) is 0 Å². The molecule has 0 heterocycles. The molecule has 3 heteroatoms. The fourth-order valence-electron chi connectivity index (χ4n) is 6.64. The minimum atomic E-state index is -1.52. The van der Waals surface area contributed by atoms with Crippen LogP contribution in [0, 0.1) is 29.5 Å². The van der Waals surface area contributed by atoms with E-state index in [2.05, 4.69) is 13.0 Å². The van der Waals surface area contributed by atoms with Crippen LogP contribution in [0.3, 0.4) is 0 Å². The number of aryl methyl sites for hydroxylation is 1. The molecule has 0 nitrogen and oxygen atoms in total. The summed E-state index contributed by atoms with van der Waals surface area (Å²) in [4.78, 5) is 0. The Morgan fingerprint density at radius 2 is 1.80 bits per heavy atom. The highest BCUT2D eigenvalue weighted by Gasteiger charge is 2.36. The number of hydrogen-bond donors (Lipinski definition) is 0. The van der Waals surface area contributed by atoms with Crippen molar-refractivity contribution in [2.45, 2.75) is 96.3 Å². The van der Waals surface area contributed by atoms with Gasteiger partial charge < -0.3 is 0 Å². The summed E-state index contributed by atoms with van der Waals surface area (Å²) in [6.07, 6.45) is 14.0. The molecule has 3 aliphatic carbocycles. The zero-order valence-corrected chi connectivity index (χ0v) is 18.4. The van der Waals surface area contributed by atoms with Gasteiger partial charge in [-0.25, -0.2) is 4.39 Å². The minimum Gasteiger partial charge on any atom is -0.207 e. The molecule has 0 spiro atoms. The summed E-state index contributed by atoms with van der Waals surface area (Å²) in [5.41, 5.74) is 3.44. The first-order valence-electron chi connectivity index (χ1n) is 12.4. The Morgan fingerprint density at radius 3 is 2.60 bits per heavy atom. The van der Waals surface area contributed by atoms with E-state index in [4.69, 9.17) is 0 Å². The lowest BCUT2D eigenvalue weighted by atomic mass is 9.63.